The maximum Gasteiger partial charge on any atom is 0.251 e. The molecule has 0 saturated carbocycles. The van der Waals surface area contributed by atoms with Gasteiger partial charge in [-0.15, -0.1) is 0 Å². The van der Waals surface area contributed by atoms with Crippen molar-refractivity contribution in [2.45, 2.75) is 39.7 Å². The summed E-state index contributed by atoms with van der Waals surface area (Å²) in [4.78, 5) is 11.8. The number of carbonyl (C=O) groups is 1. The van der Waals surface area contributed by atoms with Crippen LogP contribution in [0.5, 0.6) is 5.75 Å². The van der Waals surface area contributed by atoms with E-state index in [2.05, 4.69) is 12.2 Å². The van der Waals surface area contributed by atoms with Crippen molar-refractivity contribution in [2.24, 2.45) is 0 Å². The predicted molar refractivity (Wildman–Crippen MR) is 73.9 cm³/mol. The first-order valence-corrected chi connectivity index (χ1v) is 6.39. The number of hydrogen-bond acceptors (Lipinski definition) is 3. The van der Waals surface area contributed by atoms with E-state index in [0.717, 1.165) is 12.8 Å². The molecule has 0 heterocycles. The van der Waals surface area contributed by atoms with Crippen LogP contribution in [0.1, 0.15) is 44.0 Å². The Balaban J connectivity index is 2.68. The number of carbonyl (C=O) groups excluding carboxylic acids is 1. The molecule has 18 heavy (non-hydrogen) atoms. The molecule has 1 amide bonds. The summed E-state index contributed by atoms with van der Waals surface area (Å²) >= 11 is 0. The summed E-state index contributed by atoms with van der Waals surface area (Å²) in [6.45, 7) is 6.65. The first kappa shape index (κ1) is 14.4. The highest BCUT2D eigenvalue weighted by molar-refractivity contribution is 5.95. The Morgan fingerprint density at radius 3 is 2.72 bits per heavy atom. The Bertz CT molecular complexity index is 403. The highest BCUT2D eigenvalue weighted by atomic mass is 16.5. The van der Waals surface area contributed by atoms with Crippen LogP contribution in [0.25, 0.3) is 0 Å². The SMILES string of the molecule is CCCCNC(=O)c1ccc(OC(C)C)c(N)c1. The van der Waals surface area contributed by atoms with Crippen LogP contribution in [0, 0.1) is 0 Å². The average molecular weight is 250 g/mol. The second-order valence-electron chi connectivity index (χ2n) is 4.53. The third-order valence-electron chi connectivity index (χ3n) is 2.45. The third kappa shape index (κ3) is 4.28. The molecule has 0 fully saturated rings. The maximum absolute atomic E-state index is 11.8. The lowest BCUT2D eigenvalue weighted by Gasteiger charge is -2.13. The maximum atomic E-state index is 11.8. The number of nitrogen functional groups attached to an aromatic ring is 1. The zero-order chi connectivity index (χ0) is 13.5. The molecule has 4 nitrogen and oxygen atoms in total. The normalized spacial score (nSPS) is 10.4. The van der Waals surface area contributed by atoms with Crippen molar-refractivity contribution in [1.82, 2.24) is 5.32 Å². The molecule has 0 atom stereocenters. The minimum atomic E-state index is -0.0914. The van der Waals surface area contributed by atoms with Crippen LogP contribution in [0.2, 0.25) is 0 Å². The van der Waals surface area contributed by atoms with Crippen molar-refractivity contribution in [1.29, 1.82) is 0 Å². The second-order valence-corrected chi connectivity index (χ2v) is 4.53. The zero-order valence-electron chi connectivity index (χ0n) is 11.3. The van der Waals surface area contributed by atoms with E-state index in [1.807, 2.05) is 13.8 Å². The Kier molecular flexibility index (Phi) is 5.49. The molecule has 0 saturated heterocycles. The lowest BCUT2D eigenvalue weighted by molar-refractivity contribution is 0.0953. The van der Waals surface area contributed by atoms with E-state index in [1.54, 1.807) is 18.2 Å². The number of benzene rings is 1. The van der Waals surface area contributed by atoms with E-state index in [9.17, 15) is 4.79 Å². The zero-order valence-corrected chi connectivity index (χ0v) is 11.3. The third-order valence-corrected chi connectivity index (χ3v) is 2.45. The Morgan fingerprint density at radius 1 is 1.44 bits per heavy atom. The van der Waals surface area contributed by atoms with Crippen molar-refractivity contribution in [3.8, 4) is 5.75 Å². The van der Waals surface area contributed by atoms with Gasteiger partial charge in [-0.1, -0.05) is 13.3 Å². The monoisotopic (exact) mass is 250 g/mol. The molecule has 0 spiro atoms. The average Bonchev–Trinajstić information content (AvgIpc) is 2.31. The summed E-state index contributed by atoms with van der Waals surface area (Å²) in [6, 6.07) is 5.12. The van der Waals surface area contributed by atoms with Gasteiger partial charge in [0.05, 0.1) is 11.8 Å². The number of ether oxygens (including phenoxy) is 1. The fourth-order valence-corrected chi connectivity index (χ4v) is 1.53. The number of amides is 1. The molecule has 4 heteroatoms. The molecular weight excluding hydrogens is 228 g/mol. The molecule has 100 valence electrons. The quantitative estimate of drug-likeness (QED) is 0.602. The molecule has 0 radical (unpaired) electrons. The molecular formula is C14H22N2O2. The Hall–Kier alpha value is -1.71. The minimum Gasteiger partial charge on any atom is -0.489 e. The van der Waals surface area contributed by atoms with Gasteiger partial charge in [-0.3, -0.25) is 4.79 Å². The Morgan fingerprint density at radius 2 is 2.17 bits per heavy atom. The van der Waals surface area contributed by atoms with E-state index in [0.29, 0.717) is 23.5 Å². The van der Waals surface area contributed by atoms with Gasteiger partial charge in [0.2, 0.25) is 0 Å². The van der Waals surface area contributed by atoms with Gasteiger partial charge in [-0.2, -0.15) is 0 Å². The van der Waals surface area contributed by atoms with E-state index >= 15 is 0 Å². The van der Waals surface area contributed by atoms with E-state index < -0.39 is 0 Å². The molecule has 1 aromatic rings. The van der Waals surface area contributed by atoms with Crippen molar-refractivity contribution < 1.29 is 9.53 Å². The van der Waals surface area contributed by atoms with Crippen molar-refractivity contribution in [3.63, 3.8) is 0 Å². The lowest BCUT2D eigenvalue weighted by Crippen LogP contribution is -2.24. The molecule has 1 aromatic carbocycles. The molecule has 3 N–H and O–H groups in total. The molecule has 0 aliphatic heterocycles. The van der Waals surface area contributed by atoms with Crippen molar-refractivity contribution in [2.75, 3.05) is 12.3 Å². The van der Waals surface area contributed by atoms with Gasteiger partial charge in [-0.05, 0) is 38.5 Å². The van der Waals surface area contributed by atoms with Gasteiger partial charge in [0.15, 0.2) is 0 Å². The Labute approximate surface area is 109 Å². The van der Waals surface area contributed by atoms with Gasteiger partial charge in [0, 0.05) is 12.1 Å². The van der Waals surface area contributed by atoms with E-state index in [-0.39, 0.29) is 12.0 Å². The van der Waals surface area contributed by atoms with Crippen LogP contribution >= 0.6 is 0 Å². The largest absolute Gasteiger partial charge is 0.489 e. The summed E-state index contributed by atoms with van der Waals surface area (Å²) in [5.41, 5.74) is 6.92. The van der Waals surface area contributed by atoms with Gasteiger partial charge in [0.1, 0.15) is 5.75 Å². The molecule has 0 aromatic heterocycles. The topological polar surface area (TPSA) is 64.3 Å². The fourth-order valence-electron chi connectivity index (χ4n) is 1.53. The van der Waals surface area contributed by atoms with Crippen LogP contribution in [0.3, 0.4) is 0 Å². The van der Waals surface area contributed by atoms with Crippen LogP contribution in [0.15, 0.2) is 18.2 Å². The number of anilines is 1. The number of nitrogens with two attached hydrogens (primary N) is 1. The van der Waals surface area contributed by atoms with E-state index in [1.165, 1.54) is 0 Å². The summed E-state index contributed by atoms with van der Waals surface area (Å²) in [6.07, 6.45) is 2.11. The number of hydrogen-bond donors (Lipinski definition) is 2. The first-order chi connectivity index (χ1) is 8.54. The number of unbranched alkanes of at least 4 members (excludes halogenated alkanes) is 1. The summed E-state index contributed by atoms with van der Waals surface area (Å²) in [5, 5.41) is 2.85. The molecule has 0 aliphatic rings. The number of nitrogens with one attached hydrogen (secondary N) is 1. The van der Waals surface area contributed by atoms with E-state index in [4.69, 9.17) is 10.5 Å². The highest BCUT2D eigenvalue weighted by Gasteiger charge is 2.09. The standard InChI is InChI=1S/C14H22N2O2/c1-4-5-8-16-14(17)11-6-7-13(12(15)9-11)18-10(2)3/h6-7,9-10H,4-5,8,15H2,1-3H3,(H,16,17). The van der Waals surface area contributed by atoms with Crippen LogP contribution < -0.4 is 15.8 Å². The van der Waals surface area contributed by atoms with Crippen molar-refractivity contribution in [3.05, 3.63) is 23.8 Å². The molecule has 0 unspecified atom stereocenters. The predicted octanol–water partition coefficient (Wildman–Crippen LogP) is 2.59. The second kappa shape index (κ2) is 6.89. The van der Waals surface area contributed by atoms with Crippen molar-refractivity contribution >= 4 is 11.6 Å². The smallest absolute Gasteiger partial charge is 0.251 e. The van der Waals surface area contributed by atoms with Crippen LogP contribution in [-0.4, -0.2) is 18.6 Å². The van der Waals surface area contributed by atoms with Gasteiger partial charge in [-0.25, -0.2) is 0 Å². The summed E-state index contributed by atoms with van der Waals surface area (Å²) in [7, 11) is 0. The fraction of sp³-hybridized carbons (Fsp3) is 0.500. The first-order valence-electron chi connectivity index (χ1n) is 6.39. The highest BCUT2D eigenvalue weighted by Crippen LogP contribution is 2.23. The summed E-state index contributed by atoms with van der Waals surface area (Å²) in [5.74, 6) is 0.529. The molecule has 1 rings (SSSR count). The minimum absolute atomic E-state index is 0.0662. The van der Waals surface area contributed by atoms with Crippen LogP contribution in [0.4, 0.5) is 5.69 Å². The molecule has 0 bridgehead atoms. The van der Waals surface area contributed by atoms with Gasteiger partial charge < -0.3 is 15.8 Å². The van der Waals surface area contributed by atoms with Gasteiger partial charge in [0.25, 0.3) is 5.91 Å². The van der Waals surface area contributed by atoms with Crippen LogP contribution in [-0.2, 0) is 0 Å². The van der Waals surface area contributed by atoms with Gasteiger partial charge >= 0.3 is 0 Å². The number of rotatable bonds is 6. The molecule has 0 aliphatic carbocycles. The lowest BCUT2D eigenvalue weighted by atomic mass is 10.1. The summed E-state index contributed by atoms with van der Waals surface area (Å²) < 4.78 is 5.52.